The maximum Gasteiger partial charge on any atom is 0.272 e. The third kappa shape index (κ3) is 3.72. The van der Waals surface area contributed by atoms with Crippen molar-refractivity contribution in [2.24, 2.45) is 12.1 Å². The van der Waals surface area contributed by atoms with E-state index in [0.29, 0.717) is 5.56 Å². The topological polar surface area (TPSA) is 72.2 Å². The minimum Gasteiger partial charge on any atom is -0.272 e. The van der Waals surface area contributed by atoms with Gasteiger partial charge in [0.2, 0.25) is 0 Å². The number of pyridine rings is 1. The fourth-order valence-corrected chi connectivity index (χ4v) is 3.27. The minimum atomic E-state index is -0.281. The van der Waals surface area contributed by atoms with E-state index in [1.165, 1.54) is 11.1 Å². The molecule has 4 rings (SSSR count). The molecule has 0 spiro atoms. The Morgan fingerprint density at radius 1 is 1.07 bits per heavy atom. The lowest BCUT2D eigenvalue weighted by atomic mass is 10.0. The van der Waals surface area contributed by atoms with Gasteiger partial charge in [0.05, 0.1) is 29.2 Å². The number of para-hydroxylation sites is 1. The largest absolute Gasteiger partial charge is 0.272 e. The quantitative estimate of drug-likeness (QED) is 0.412. The van der Waals surface area contributed by atoms with E-state index in [-0.39, 0.29) is 5.91 Å². The zero-order valence-corrected chi connectivity index (χ0v) is 17.5. The highest BCUT2D eigenvalue weighted by atomic mass is 16.2. The van der Waals surface area contributed by atoms with Crippen LogP contribution in [0.25, 0.3) is 22.2 Å². The van der Waals surface area contributed by atoms with Gasteiger partial charge in [0.1, 0.15) is 0 Å². The molecule has 6 nitrogen and oxygen atoms in total. The predicted molar refractivity (Wildman–Crippen MR) is 120 cm³/mol. The van der Waals surface area contributed by atoms with Gasteiger partial charge in [0.15, 0.2) is 0 Å². The summed E-state index contributed by atoms with van der Waals surface area (Å²) in [5.41, 5.74) is 9.91. The molecule has 150 valence electrons. The van der Waals surface area contributed by atoms with Gasteiger partial charge in [-0.3, -0.25) is 9.48 Å². The van der Waals surface area contributed by atoms with Crippen LogP contribution in [0.3, 0.4) is 0 Å². The number of aryl methyl sites for hydroxylation is 3. The standard InChI is InChI=1S/C24H23N5O/c1-15-9-10-18(11-16(15)2)23-12-21(20-7-5-6-8-22(20)27-23)24(30)28-25-13-19-14-26-29(4)17(19)3/h5-14H,1-4H3,(H,28,30)/b25-13+. The molecular formula is C24H23N5O. The highest BCUT2D eigenvalue weighted by Crippen LogP contribution is 2.26. The molecule has 0 atom stereocenters. The lowest BCUT2D eigenvalue weighted by Crippen LogP contribution is -2.18. The van der Waals surface area contributed by atoms with Crippen LogP contribution in [0.1, 0.15) is 32.7 Å². The van der Waals surface area contributed by atoms with Crippen LogP contribution in [-0.4, -0.2) is 26.9 Å². The lowest BCUT2D eigenvalue weighted by molar-refractivity contribution is 0.0956. The Balaban J connectivity index is 1.70. The third-order valence-electron chi connectivity index (χ3n) is 5.41. The molecule has 0 radical (unpaired) electrons. The van der Waals surface area contributed by atoms with E-state index in [0.717, 1.165) is 33.4 Å². The summed E-state index contributed by atoms with van der Waals surface area (Å²) in [6, 6.07) is 15.7. The molecule has 2 aromatic carbocycles. The molecule has 0 unspecified atom stereocenters. The number of hydrazone groups is 1. The first-order chi connectivity index (χ1) is 14.4. The number of hydrogen-bond donors (Lipinski definition) is 1. The highest BCUT2D eigenvalue weighted by molar-refractivity contribution is 6.07. The van der Waals surface area contributed by atoms with Gasteiger partial charge in [-0.2, -0.15) is 10.2 Å². The third-order valence-corrected chi connectivity index (χ3v) is 5.41. The molecule has 2 heterocycles. The van der Waals surface area contributed by atoms with Gasteiger partial charge in [-0.05, 0) is 50.1 Å². The number of amides is 1. The number of rotatable bonds is 4. The lowest BCUT2D eigenvalue weighted by Gasteiger charge is -2.10. The van der Waals surface area contributed by atoms with Crippen LogP contribution >= 0.6 is 0 Å². The van der Waals surface area contributed by atoms with Crippen molar-refractivity contribution >= 4 is 23.0 Å². The molecule has 4 aromatic rings. The maximum absolute atomic E-state index is 13.0. The van der Waals surface area contributed by atoms with Crippen LogP contribution in [0.15, 0.2) is 59.8 Å². The summed E-state index contributed by atoms with van der Waals surface area (Å²) in [6.07, 6.45) is 3.32. The molecule has 0 aliphatic heterocycles. The number of nitrogens with one attached hydrogen (secondary N) is 1. The van der Waals surface area contributed by atoms with E-state index in [9.17, 15) is 4.79 Å². The Labute approximate surface area is 175 Å². The highest BCUT2D eigenvalue weighted by Gasteiger charge is 2.14. The normalized spacial score (nSPS) is 11.3. The van der Waals surface area contributed by atoms with Crippen LogP contribution in [0.5, 0.6) is 0 Å². The van der Waals surface area contributed by atoms with Gasteiger partial charge >= 0.3 is 0 Å². The number of hydrogen-bond acceptors (Lipinski definition) is 4. The predicted octanol–water partition coefficient (Wildman–Crippen LogP) is 4.32. The van der Waals surface area contributed by atoms with Gasteiger partial charge in [-0.25, -0.2) is 10.4 Å². The number of fused-ring (bicyclic) bond motifs is 1. The van der Waals surface area contributed by atoms with Crippen molar-refractivity contribution in [1.82, 2.24) is 20.2 Å². The van der Waals surface area contributed by atoms with Gasteiger partial charge in [-0.15, -0.1) is 0 Å². The molecule has 0 bridgehead atoms. The Kier molecular flexibility index (Phi) is 5.14. The van der Waals surface area contributed by atoms with E-state index in [2.05, 4.69) is 41.6 Å². The SMILES string of the molecule is Cc1ccc(-c2cc(C(=O)N/N=C/c3cnn(C)c3C)c3ccccc3n2)cc1C. The first-order valence-corrected chi connectivity index (χ1v) is 9.73. The Morgan fingerprint density at radius 3 is 2.60 bits per heavy atom. The number of carbonyl (C=O) groups is 1. The van der Waals surface area contributed by atoms with Crippen molar-refractivity contribution in [3.63, 3.8) is 0 Å². The second kappa shape index (κ2) is 7.91. The second-order valence-electron chi connectivity index (χ2n) is 7.38. The summed E-state index contributed by atoms with van der Waals surface area (Å²) in [5.74, 6) is -0.281. The van der Waals surface area contributed by atoms with Crippen molar-refractivity contribution < 1.29 is 4.79 Å². The fourth-order valence-electron chi connectivity index (χ4n) is 3.27. The average molecular weight is 397 g/mol. The van der Waals surface area contributed by atoms with Crippen LogP contribution in [-0.2, 0) is 7.05 Å². The van der Waals surface area contributed by atoms with Crippen molar-refractivity contribution in [3.05, 3.63) is 82.7 Å². The first kappa shape index (κ1) is 19.5. The number of nitrogens with zero attached hydrogens (tertiary/aromatic N) is 4. The fraction of sp³-hybridized carbons (Fsp3) is 0.167. The van der Waals surface area contributed by atoms with Gasteiger partial charge in [0.25, 0.3) is 5.91 Å². The summed E-state index contributed by atoms with van der Waals surface area (Å²) in [7, 11) is 1.86. The van der Waals surface area contributed by atoms with Gasteiger partial charge in [-0.1, -0.05) is 30.3 Å². The van der Waals surface area contributed by atoms with Gasteiger partial charge in [0, 0.05) is 29.3 Å². The van der Waals surface area contributed by atoms with Crippen LogP contribution in [0.2, 0.25) is 0 Å². The van der Waals surface area contributed by atoms with E-state index < -0.39 is 0 Å². The van der Waals surface area contributed by atoms with E-state index in [1.54, 1.807) is 17.1 Å². The molecule has 0 saturated heterocycles. The summed E-state index contributed by atoms with van der Waals surface area (Å²) in [5, 5.41) is 9.09. The molecule has 30 heavy (non-hydrogen) atoms. The molecule has 2 aromatic heterocycles. The average Bonchev–Trinajstić information content (AvgIpc) is 3.07. The van der Waals surface area contributed by atoms with Crippen molar-refractivity contribution in [3.8, 4) is 11.3 Å². The summed E-state index contributed by atoms with van der Waals surface area (Å²) in [6.45, 7) is 6.10. The molecule has 0 saturated carbocycles. The summed E-state index contributed by atoms with van der Waals surface area (Å²) in [4.78, 5) is 17.7. The number of carbonyl (C=O) groups excluding carboxylic acids is 1. The van der Waals surface area contributed by atoms with Crippen molar-refractivity contribution in [1.29, 1.82) is 0 Å². The molecule has 6 heteroatoms. The molecule has 1 amide bonds. The maximum atomic E-state index is 13.0. The molecule has 0 aliphatic rings. The van der Waals surface area contributed by atoms with E-state index in [1.807, 2.05) is 50.4 Å². The zero-order valence-electron chi connectivity index (χ0n) is 17.5. The Morgan fingerprint density at radius 2 is 1.87 bits per heavy atom. The Bertz CT molecular complexity index is 1290. The van der Waals surface area contributed by atoms with Crippen LogP contribution in [0, 0.1) is 20.8 Å². The first-order valence-electron chi connectivity index (χ1n) is 9.73. The van der Waals surface area contributed by atoms with Crippen molar-refractivity contribution in [2.45, 2.75) is 20.8 Å². The number of benzene rings is 2. The molecule has 0 fully saturated rings. The molecule has 0 aliphatic carbocycles. The van der Waals surface area contributed by atoms with E-state index >= 15 is 0 Å². The minimum absolute atomic E-state index is 0.281. The van der Waals surface area contributed by atoms with E-state index in [4.69, 9.17) is 4.98 Å². The van der Waals surface area contributed by atoms with Crippen LogP contribution in [0.4, 0.5) is 0 Å². The van der Waals surface area contributed by atoms with Gasteiger partial charge < -0.3 is 0 Å². The zero-order chi connectivity index (χ0) is 21.3. The molecule has 1 N–H and O–H groups in total. The monoisotopic (exact) mass is 397 g/mol. The van der Waals surface area contributed by atoms with Crippen LogP contribution < -0.4 is 5.43 Å². The molecular weight excluding hydrogens is 374 g/mol. The Hall–Kier alpha value is -3.80. The summed E-state index contributed by atoms with van der Waals surface area (Å²) < 4.78 is 1.76. The number of aromatic nitrogens is 3. The second-order valence-corrected chi connectivity index (χ2v) is 7.38. The summed E-state index contributed by atoms with van der Waals surface area (Å²) >= 11 is 0. The van der Waals surface area contributed by atoms with Crippen molar-refractivity contribution in [2.75, 3.05) is 0 Å². The smallest absolute Gasteiger partial charge is 0.272 e.